The first-order valence-corrected chi connectivity index (χ1v) is 6.66. The van der Waals surface area contributed by atoms with Crippen molar-refractivity contribution >= 4 is 24.4 Å². The summed E-state index contributed by atoms with van der Waals surface area (Å²) in [6.45, 7) is 0. The lowest BCUT2D eigenvalue weighted by Gasteiger charge is -2.24. The second-order valence-corrected chi connectivity index (χ2v) is 4.69. The zero-order valence-corrected chi connectivity index (χ0v) is 12.4. The maximum atomic E-state index is 12.4. The molecule has 1 atom stereocenters. The summed E-state index contributed by atoms with van der Waals surface area (Å²) in [5.74, 6) is -1.12. The van der Waals surface area contributed by atoms with Crippen molar-refractivity contribution < 1.29 is 24.3 Å². The van der Waals surface area contributed by atoms with Gasteiger partial charge in [-0.05, 0) is 18.6 Å². The minimum atomic E-state index is -0.799. The van der Waals surface area contributed by atoms with Crippen LogP contribution >= 0.6 is 0 Å². The molecule has 0 aliphatic rings. The van der Waals surface area contributed by atoms with Gasteiger partial charge in [0.05, 0.1) is 17.2 Å². The second kappa shape index (κ2) is 7.92. The summed E-state index contributed by atoms with van der Waals surface area (Å²) in [5.41, 5.74) is -0.125. The van der Waals surface area contributed by atoms with Crippen LogP contribution in [0.3, 0.4) is 0 Å². The first-order valence-electron chi connectivity index (χ1n) is 6.66. The minimum Gasteiger partial charge on any atom is -0.507 e. The van der Waals surface area contributed by atoms with Crippen LogP contribution in [0.15, 0.2) is 18.2 Å². The molecular formula is C15H18N2O5. The van der Waals surface area contributed by atoms with Gasteiger partial charge in [0, 0.05) is 20.5 Å². The highest BCUT2D eigenvalue weighted by Crippen LogP contribution is 2.21. The molecule has 1 aromatic carbocycles. The van der Waals surface area contributed by atoms with E-state index in [-0.39, 0.29) is 35.6 Å². The highest BCUT2D eigenvalue weighted by molar-refractivity contribution is 6.03. The zero-order valence-electron chi connectivity index (χ0n) is 12.4. The molecule has 2 amide bonds. The number of benzene rings is 1. The molecule has 0 radical (unpaired) electrons. The van der Waals surface area contributed by atoms with Gasteiger partial charge in [-0.1, -0.05) is 6.07 Å². The highest BCUT2D eigenvalue weighted by Gasteiger charge is 2.24. The summed E-state index contributed by atoms with van der Waals surface area (Å²) < 4.78 is 0. The number of nitrogens with zero attached hydrogens (tertiary/aromatic N) is 1. The number of carbonyl (C=O) groups excluding carboxylic acids is 4. The molecule has 0 bridgehead atoms. The summed E-state index contributed by atoms with van der Waals surface area (Å²) in [4.78, 5) is 46.9. The van der Waals surface area contributed by atoms with E-state index >= 15 is 0 Å². The topological polar surface area (TPSA) is 104 Å². The average molecular weight is 306 g/mol. The fourth-order valence-corrected chi connectivity index (χ4v) is 1.96. The monoisotopic (exact) mass is 306 g/mol. The van der Waals surface area contributed by atoms with Crippen LogP contribution in [0.2, 0.25) is 0 Å². The molecule has 0 aliphatic carbocycles. The smallest absolute Gasteiger partial charge is 0.255 e. The Bertz CT molecular complexity index is 585. The van der Waals surface area contributed by atoms with Crippen molar-refractivity contribution in [3.63, 3.8) is 0 Å². The van der Waals surface area contributed by atoms with Crippen LogP contribution in [0.25, 0.3) is 0 Å². The molecule has 2 N–H and O–H groups in total. The van der Waals surface area contributed by atoms with Crippen LogP contribution in [0, 0.1) is 0 Å². The van der Waals surface area contributed by atoms with Gasteiger partial charge in [0.2, 0.25) is 5.91 Å². The van der Waals surface area contributed by atoms with Crippen LogP contribution < -0.4 is 5.32 Å². The quantitative estimate of drug-likeness (QED) is 0.708. The molecule has 1 aromatic rings. The van der Waals surface area contributed by atoms with Crippen molar-refractivity contribution in [2.24, 2.45) is 0 Å². The Hall–Kier alpha value is -2.70. The number of phenolic OH excluding ortho intramolecular Hbond substituents is 1. The summed E-state index contributed by atoms with van der Waals surface area (Å²) in [5, 5.41) is 12.0. The van der Waals surface area contributed by atoms with Gasteiger partial charge in [-0.25, -0.2) is 0 Å². The van der Waals surface area contributed by atoms with Crippen molar-refractivity contribution in [2.45, 2.75) is 18.9 Å². The van der Waals surface area contributed by atoms with Gasteiger partial charge < -0.3 is 20.1 Å². The first kappa shape index (κ1) is 17.4. The summed E-state index contributed by atoms with van der Waals surface area (Å²) in [6.07, 6.45) is 1.22. The number of carbonyl (C=O) groups is 4. The van der Waals surface area contributed by atoms with E-state index in [0.717, 1.165) is 4.90 Å². The number of hydrogen-bond donors (Lipinski definition) is 2. The molecule has 7 heteroatoms. The Labute approximate surface area is 127 Å². The molecule has 0 saturated carbocycles. The van der Waals surface area contributed by atoms with E-state index in [9.17, 15) is 24.3 Å². The van der Waals surface area contributed by atoms with E-state index in [4.69, 9.17) is 0 Å². The predicted molar refractivity (Wildman–Crippen MR) is 78.7 cm³/mol. The summed E-state index contributed by atoms with van der Waals surface area (Å²) in [7, 11) is 2.89. The molecule has 118 valence electrons. The zero-order chi connectivity index (χ0) is 16.7. The van der Waals surface area contributed by atoms with Gasteiger partial charge in [0.15, 0.2) is 6.29 Å². The van der Waals surface area contributed by atoms with Gasteiger partial charge in [-0.2, -0.15) is 0 Å². The lowest BCUT2D eigenvalue weighted by atomic mass is 10.0. The molecule has 0 spiro atoms. The highest BCUT2D eigenvalue weighted by atomic mass is 16.3. The van der Waals surface area contributed by atoms with Crippen LogP contribution in [-0.4, -0.2) is 54.5 Å². The van der Waals surface area contributed by atoms with E-state index in [1.807, 2.05) is 0 Å². The van der Waals surface area contributed by atoms with Gasteiger partial charge in [-0.3, -0.25) is 14.4 Å². The molecule has 0 saturated heterocycles. The lowest BCUT2D eigenvalue weighted by molar-refractivity contribution is -0.121. The Morgan fingerprint density at radius 1 is 1.36 bits per heavy atom. The minimum absolute atomic E-state index is 0.00398. The van der Waals surface area contributed by atoms with Gasteiger partial charge >= 0.3 is 0 Å². The fraction of sp³-hybridized carbons (Fsp3) is 0.333. The molecule has 0 aromatic heterocycles. The Morgan fingerprint density at radius 2 is 2.05 bits per heavy atom. The summed E-state index contributed by atoms with van der Waals surface area (Å²) >= 11 is 0. The number of rotatable bonds is 7. The van der Waals surface area contributed by atoms with Gasteiger partial charge in [0.25, 0.3) is 5.91 Å². The number of aromatic hydroxyl groups is 1. The molecule has 0 fully saturated rings. The van der Waals surface area contributed by atoms with Crippen LogP contribution in [-0.2, 0) is 9.59 Å². The van der Waals surface area contributed by atoms with Crippen molar-refractivity contribution in [2.75, 3.05) is 14.1 Å². The second-order valence-electron chi connectivity index (χ2n) is 4.69. The number of nitrogens with one attached hydrogen (secondary N) is 1. The Balaban J connectivity index is 2.95. The molecule has 1 rings (SSSR count). The SMILES string of the molecule is CNC(=O)CCC(C=O)N(C)C(=O)c1cccc(O)c1C=O. The van der Waals surface area contributed by atoms with Crippen LogP contribution in [0.1, 0.15) is 33.6 Å². The van der Waals surface area contributed by atoms with E-state index in [2.05, 4.69) is 5.32 Å². The molecule has 1 unspecified atom stereocenters. The van der Waals surface area contributed by atoms with Crippen molar-refractivity contribution in [3.8, 4) is 5.75 Å². The largest absolute Gasteiger partial charge is 0.507 e. The fourth-order valence-electron chi connectivity index (χ4n) is 1.96. The van der Waals surface area contributed by atoms with E-state index < -0.39 is 11.9 Å². The number of hydrogen-bond acceptors (Lipinski definition) is 5. The van der Waals surface area contributed by atoms with Gasteiger partial charge in [0.1, 0.15) is 12.0 Å². The standard InChI is InChI=1S/C15H18N2O5/c1-16-14(21)7-6-10(8-18)17(2)15(22)11-4-3-5-13(20)12(11)9-19/h3-5,8-10,20H,6-7H2,1-2H3,(H,16,21). The molecule has 7 nitrogen and oxygen atoms in total. The third-order valence-corrected chi connectivity index (χ3v) is 3.35. The van der Waals surface area contributed by atoms with Crippen molar-refractivity contribution in [3.05, 3.63) is 29.3 Å². The van der Waals surface area contributed by atoms with Crippen LogP contribution in [0.5, 0.6) is 5.75 Å². The number of likely N-dealkylation sites (N-methyl/N-ethyl adjacent to an activating group) is 1. The summed E-state index contributed by atoms with van der Waals surface area (Å²) in [6, 6.07) is 3.32. The van der Waals surface area contributed by atoms with Crippen molar-refractivity contribution in [1.82, 2.24) is 10.2 Å². The van der Waals surface area contributed by atoms with E-state index in [1.54, 1.807) is 0 Å². The van der Waals surface area contributed by atoms with Crippen molar-refractivity contribution in [1.29, 1.82) is 0 Å². The average Bonchev–Trinajstić information content (AvgIpc) is 2.53. The van der Waals surface area contributed by atoms with E-state index in [0.29, 0.717) is 12.6 Å². The van der Waals surface area contributed by atoms with Gasteiger partial charge in [-0.15, -0.1) is 0 Å². The third kappa shape index (κ3) is 3.91. The van der Waals surface area contributed by atoms with E-state index in [1.165, 1.54) is 32.3 Å². The molecular weight excluding hydrogens is 288 g/mol. The number of aldehydes is 2. The Kier molecular flexibility index (Phi) is 6.25. The number of phenols is 1. The number of amides is 2. The van der Waals surface area contributed by atoms with Crippen LogP contribution in [0.4, 0.5) is 0 Å². The third-order valence-electron chi connectivity index (χ3n) is 3.35. The first-order chi connectivity index (χ1) is 10.5. The predicted octanol–water partition coefficient (Wildman–Crippen LogP) is 0.370. The molecule has 22 heavy (non-hydrogen) atoms. The maximum Gasteiger partial charge on any atom is 0.255 e. The lowest BCUT2D eigenvalue weighted by Crippen LogP contribution is -2.39. The molecule has 0 aliphatic heterocycles. The normalized spacial score (nSPS) is 11.4. The maximum absolute atomic E-state index is 12.4. The Morgan fingerprint density at radius 3 is 2.59 bits per heavy atom. The molecule has 0 heterocycles.